The maximum Gasteiger partial charge on any atom is 0.270 e. The summed E-state index contributed by atoms with van der Waals surface area (Å²) < 4.78 is 0. The molecule has 4 nitrogen and oxygen atoms in total. The Kier molecular flexibility index (Phi) is 7.05. The maximum absolute atomic E-state index is 12.1. The molecule has 1 heterocycles. The highest BCUT2D eigenvalue weighted by Crippen LogP contribution is 2.09. The summed E-state index contributed by atoms with van der Waals surface area (Å²) in [6.07, 6.45) is 3.36. The SMILES string of the molecule is CCNc1cccc(C(=O)NC(C)CCCC(C)C)n1. The fourth-order valence-electron chi connectivity index (χ4n) is 2.04. The summed E-state index contributed by atoms with van der Waals surface area (Å²) in [7, 11) is 0. The molecule has 1 aromatic rings. The minimum Gasteiger partial charge on any atom is -0.370 e. The van der Waals surface area contributed by atoms with Crippen molar-refractivity contribution in [3.63, 3.8) is 0 Å². The molecule has 0 saturated carbocycles. The summed E-state index contributed by atoms with van der Waals surface area (Å²) >= 11 is 0. The van der Waals surface area contributed by atoms with Crippen LogP contribution in [0.25, 0.3) is 0 Å². The molecule has 2 N–H and O–H groups in total. The van der Waals surface area contributed by atoms with Gasteiger partial charge in [0.2, 0.25) is 0 Å². The first kappa shape index (κ1) is 16.5. The summed E-state index contributed by atoms with van der Waals surface area (Å²) in [5.41, 5.74) is 0.471. The third-order valence-corrected chi connectivity index (χ3v) is 3.14. The Morgan fingerprint density at radius 3 is 2.65 bits per heavy atom. The summed E-state index contributed by atoms with van der Waals surface area (Å²) in [5, 5.41) is 6.12. The molecule has 0 spiro atoms. The molecule has 0 aliphatic carbocycles. The van der Waals surface area contributed by atoms with Crippen LogP contribution in [0.5, 0.6) is 0 Å². The third-order valence-electron chi connectivity index (χ3n) is 3.14. The molecule has 0 fully saturated rings. The summed E-state index contributed by atoms with van der Waals surface area (Å²) in [4.78, 5) is 16.4. The first-order chi connectivity index (χ1) is 9.52. The predicted molar refractivity (Wildman–Crippen MR) is 84.0 cm³/mol. The Morgan fingerprint density at radius 2 is 2.00 bits per heavy atom. The molecule has 0 aliphatic rings. The second-order valence-electron chi connectivity index (χ2n) is 5.64. The van der Waals surface area contributed by atoms with E-state index in [0.717, 1.165) is 31.1 Å². The molecule has 0 saturated heterocycles. The van der Waals surface area contributed by atoms with Crippen LogP contribution in [-0.2, 0) is 0 Å². The number of anilines is 1. The summed E-state index contributed by atoms with van der Waals surface area (Å²) in [6, 6.07) is 5.65. The normalized spacial score (nSPS) is 12.2. The number of pyridine rings is 1. The summed E-state index contributed by atoms with van der Waals surface area (Å²) in [6.45, 7) is 9.29. The number of rotatable bonds is 8. The van der Waals surface area contributed by atoms with E-state index in [1.54, 1.807) is 6.07 Å². The largest absolute Gasteiger partial charge is 0.370 e. The molecule has 1 unspecified atom stereocenters. The van der Waals surface area contributed by atoms with Crippen molar-refractivity contribution >= 4 is 11.7 Å². The molecule has 0 aromatic carbocycles. The van der Waals surface area contributed by atoms with Gasteiger partial charge in [0.15, 0.2) is 0 Å². The molecular weight excluding hydrogens is 250 g/mol. The highest BCUT2D eigenvalue weighted by molar-refractivity contribution is 5.92. The van der Waals surface area contributed by atoms with Gasteiger partial charge in [0.1, 0.15) is 11.5 Å². The van der Waals surface area contributed by atoms with Gasteiger partial charge in [-0.1, -0.05) is 32.8 Å². The van der Waals surface area contributed by atoms with E-state index < -0.39 is 0 Å². The lowest BCUT2D eigenvalue weighted by atomic mass is 10.0. The average molecular weight is 277 g/mol. The quantitative estimate of drug-likeness (QED) is 0.765. The van der Waals surface area contributed by atoms with E-state index in [-0.39, 0.29) is 11.9 Å². The molecule has 0 aliphatic heterocycles. The fourth-order valence-corrected chi connectivity index (χ4v) is 2.04. The smallest absolute Gasteiger partial charge is 0.270 e. The zero-order chi connectivity index (χ0) is 15.0. The summed E-state index contributed by atoms with van der Waals surface area (Å²) in [5.74, 6) is 1.37. The topological polar surface area (TPSA) is 54.0 Å². The standard InChI is InChI=1S/C16H27N3O/c1-5-17-15-11-7-10-14(19-15)16(20)18-13(4)9-6-8-12(2)3/h7,10-13H,5-6,8-9H2,1-4H3,(H,17,19)(H,18,20). The van der Waals surface area contributed by atoms with Crippen molar-refractivity contribution in [2.75, 3.05) is 11.9 Å². The maximum atomic E-state index is 12.1. The number of nitrogens with zero attached hydrogens (tertiary/aromatic N) is 1. The van der Waals surface area contributed by atoms with Crippen LogP contribution in [0.15, 0.2) is 18.2 Å². The number of aromatic nitrogens is 1. The number of hydrogen-bond donors (Lipinski definition) is 2. The van der Waals surface area contributed by atoms with Gasteiger partial charge < -0.3 is 10.6 Å². The van der Waals surface area contributed by atoms with Crippen LogP contribution >= 0.6 is 0 Å². The van der Waals surface area contributed by atoms with Gasteiger partial charge in [-0.05, 0) is 38.3 Å². The Labute approximate surface area is 122 Å². The zero-order valence-electron chi connectivity index (χ0n) is 13.1. The average Bonchev–Trinajstić information content (AvgIpc) is 2.39. The fraction of sp³-hybridized carbons (Fsp3) is 0.625. The molecular formula is C16H27N3O. The van der Waals surface area contributed by atoms with Gasteiger partial charge in [-0.15, -0.1) is 0 Å². The molecule has 1 atom stereocenters. The molecule has 0 bridgehead atoms. The van der Waals surface area contributed by atoms with Crippen molar-refractivity contribution in [1.82, 2.24) is 10.3 Å². The van der Waals surface area contributed by atoms with E-state index in [1.165, 1.54) is 6.42 Å². The Bertz CT molecular complexity index is 418. The van der Waals surface area contributed by atoms with Gasteiger partial charge in [-0.25, -0.2) is 4.98 Å². The number of nitrogens with one attached hydrogen (secondary N) is 2. The van der Waals surface area contributed by atoms with Crippen LogP contribution < -0.4 is 10.6 Å². The van der Waals surface area contributed by atoms with Crippen LogP contribution in [0.3, 0.4) is 0 Å². The van der Waals surface area contributed by atoms with Crippen LogP contribution in [0.4, 0.5) is 5.82 Å². The zero-order valence-corrected chi connectivity index (χ0v) is 13.1. The van der Waals surface area contributed by atoms with Crippen molar-refractivity contribution in [2.45, 2.75) is 53.0 Å². The number of hydrogen-bond acceptors (Lipinski definition) is 3. The lowest BCUT2D eigenvalue weighted by Gasteiger charge is -2.14. The second-order valence-corrected chi connectivity index (χ2v) is 5.64. The predicted octanol–water partition coefficient (Wildman–Crippen LogP) is 3.46. The lowest BCUT2D eigenvalue weighted by molar-refractivity contribution is 0.0933. The van der Waals surface area contributed by atoms with Gasteiger partial charge in [-0.3, -0.25) is 4.79 Å². The molecule has 4 heteroatoms. The Morgan fingerprint density at radius 1 is 1.25 bits per heavy atom. The van der Waals surface area contributed by atoms with Crippen molar-refractivity contribution in [2.24, 2.45) is 5.92 Å². The van der Waals surface area contributed by atoms with Crippen LogP contribution in [0, 0.1) is 5.92 Å². The van der Waals surface area contributed by atoms with Crippen LogP contribution in [0.1, 0.15) is 57.4 Å². The van der Waals surface area contributed by atoms with E-state index in [1.807, 2.05) is 26.0 Å². The van der Waals surface area contributed by atoms with Gasteiger partial charge in [0.25, 0.3) is 5.91 Å². The molecule has 20 heavy (non-hydrogen) atoms. The van der Waals surface area contributed by atoms with Gasteiger partial charge >= 0.3 is 0 Å². The highest BCUT2D eigenvalue weighted by atomic mass is 16.1. The molecule has 0 radical (unpaired) electrons. The number of carbonyl (C=O) groups excluding carboxylic acids is 1. The van der Waals surface area contributed by atoms with Gasteiger partial charge in [0, 0.05) is 12.6 Å². The van der Waals surface area contributed by atoms with Gasteiger partial charge in [0.05, 0.1) is 0 Å². The third kappa shape index (κ3) is 6.04. The van der Waals surface area contributed by atoms with E-state index >= 15 is 0 Å². The first-order valence-corrected chi connectivity index (χ1v) is 7.54. The van der Waals surface area contributed by atoms with Crippen molar-refractivity contribution < 1.29 is 4.79 Å². The van der Waals surface area contributed by atoms with Crippen LogP contribution in [0.2, 0.25) is 0 Å². The lowest BCUT2D eigenvalue weighted by Crippen LogP contribution is -2.33. The van der Waals surface area contributed by atoms with E-state index in [4.69, 9.17) is 0 Å². The monoisotopic (exact) mass is 277 g/mol. The number of carbonyl (C=O) groups is 1. The van der Waals surface area contributed by atoms with E-state index in [9.17, 15) is 4.79 Å². The van der Waals surface area contributed by atoms with Crippen molar-refractivity contribution in [3.8, 4) is 0 Å². The van der Waals surface area contributed by atoms with E-state index in [0.29, 0.717) is 5.69 Å². The first-order valence-electron chi connectivity index (χ1n) is 7.54. The Balaban J connectivity index is 2.47. The molecule has 1 amide bonds. The molecule has 1 aromatic heterocycles. The van der Waals surface area contributed by atoms with Crippen molar-refractivity contribution in [3.05, 3.63) is 23.9 Å². The van der Waals surface area contributed by atoms with E-state index in [2.05, 4.69) is 29.5 Å². The minimum absolute atomic E-state index is 0.0956. The van der Waals surface area contributed by atoms with Gasteiger partial charge in [-0.2, -0.15) is 0 Å². The number of amides is 1. The van der Waals surface area contributed by atoms with Crippen molar-refractivity contribution in [1.29, 1.82) is 0 Å². The molecule has 112 valence electrons. The van der Waals surface area contributed by atoms with Crippen LogP contribution in [-0.4, -0.2) is 23.5 Å². The Hall–Kier alpha value is -1.58. The second kappa shape index (κ2) is 8.56. The molecule has 1 rings (SSSR count). The minimum atomic E-state index is -0.0956. The highest BCUT2D eigenvalue weighted by Gasteiger charge is 2.11.